The molecule has 0 radical (unpaired) electrons. The van der Waals surface area contributed by atoms with E-state index in [0.29, 0.717) is 28.6 Å². The number of nitriles is 1. The van der Waals surface area contributed by atoms with Gasteiger partial charge in [-0.2, -0.15) is 18.4 Å². The standard InChI is InChI=1S/C25H17F3N6O3/c26-25(27,28)14-3-1-4-15(9-14)31-23(36)32-12-16-10-19(32)21-22(35)34(24(37)33(16)21)18-7-6-13(11-29)20-17(18)5-2-8-30-20/h1-9,16,19,35H,10,12H2,(H,31,36)/t16-,19?/m1/s1. The molecule has 2 amide bonds. The predicted octanol–water partition coefficient (Wildman–Crippen LogP) is 4.32. The second-order valence-corrected chi connectivity index (χ2v) is 8.91. The fourth-order valence-electron chi connectivity index (χ4n) is 5.30. The van der Waals surface area contributed by atoms with Gasteiger partial charge in [0.15, 0.2) is 0 Å². The quantitative estimate of drug-likeness (QED) is 0.420. The van der Waals surface area contributed by atoms with Crippen molar-refractivity contribution in [2.45, 2.75) is 24.7 Å². The number of likely N-dealkylation sites (tertiary alicyclic amines) is 1. The van der Waals surface area contributed by atoms with Gasteiger partial charge in [-0.15, -0.1) is 0 Å². The van der Waals surface area contributed by atoms with Crippen LogP contribution >= 0.6 is 0 Å². The fourth-order valence-corrected chi connectivity index (χ4v) is 5.30. The highest BCUT2D eigenvalue weighted by atomic mass is 19.4. The SMILES string of the molecule is N#Cc1ccc(-n2c(O)c3n(c2=O)[C@@H]2CC3N(C(=O)Nc3cccc(C(F)(F)F)c3)C2)c2cccnc12. The largest absolute Gasteiger partial charge is 0.493 e. The summed E-state index contributed by atoms with van der Waals surface area (Å²) in [6.45, 7) is 0.154. The van der Waals surface area contributed by atoms with Crippen molar-refractivity contribution >= 4 is 22.6 Å². The van der Waals surface area contributed by atoms with Gasteiger partial charge in [0.05, 0.1) is 34.4 Å². The van der Waals surface area contributed by atoms with Gasteiger partial charge in [0.2, 0.25) is 5.88 Å². The first-order chi connectivity index (χ1) is 17.7. The number of urea groups is 1. The van der Waals surface area contributed by atoms with Gasteiger partial charge in [-0.05, 0) is 48.9 Å². The Bertz CT molecular complexity index is 1700. The summed E-state index contributed by atoms with van der Waals surface area (Å²) in [4.78, 5) is 32.1. The van der Waals surface area contributed by atoms with Gasteiger partial charge in [0.1, 0.15) is 11.8 Å². The number of pyridine rings is 1. The number of halogens is 3. The Morgan fingerprint density at radius 3 is 2.76 bits per heavy atom. The normalized spacial score (nSPS) is 18.2. The van der Waals surface area contributed by atoms with Crippen molar-refractivity contribution in [2.24, 2.45) is 0 Å². The number of benzene rings is 2. The summed E-state index contributed by atoms with van der Waals surface area (Å²) in [7, 11) is 0. The van der Waals surface area contributed by atoms with E-state index in [-0.39, 0.29) is 23.8 Å². The van der Waals surface area contributed by atoms with E-state index in [1.807, 2.05) is 0 Å². The van der Waals surface area contributed by atoms with Gasteiger partial charge in [0, 0.05) is 23.8 Å². The van der Waals surface area contributed by atoms with E-state index < -0.39 is 35.5 Å². The van der Waals surface area contributed by atoms with E-state index in [9.17, 15) is 33.1 Å². The van der Waals surface area contributed by atoms with E-state index in [4.69, 9.17) is 0 Å². The van der Waals surface area contributed by atoms with Gasteiger partial charge in [-0.3, -0.25) is 9.55 Å². The van der Waals surface area contributed by atoms with Crippen molar-refractivity contribution in [2.75, 3.05) is 11.9 Å². The molecule has 2 aromatic carbocycles. The van der Waals surface area contributed by atoms with Crippen LogP contribution in [0.25, 0.3) is 16.6 Å². The maximum atomic E-state index is 13.4. The van der Waals surface area contributed by atoms with Crippen molar-refractivity contribution in [3.8, 4) is 17.6 Å². The lowest BCUT2D eigenvalue weighted by Crippen LogP contribution is -2.40. The zero-order valence-electron chi connectivity index (χ0n) is 18.9. The Hall–Kier alpha value is -4.79. The first-order valence-electron chi connectivity index (χ1n) is 11.3. The summed E-state index contributed by atoms with van der Waals surface area (Å²) in [5.74, 6) is -0.344. The van der Waals surface area contributed by atoms with E-state index >= 15 is 0 Å². The molecule has 0 spiro atoms. The number of fused-ring (bicyclic) bond motifs is 6. The van der Waals surface area contributed by atoms with E-state index in [2.05, 4.69) is 16.4 Å². The third-order valence-electron chi connectivity index (χ3n) is 6.87. The van der Waals surface area contributed by atoms with Gasteiger partial charge in [-0.1, -0.05) is 6.07 Å². The van der Waals surface area contributed by atoms with Crippen LogP contribution in [0.4, 0.5) is 23.7 Å². The van der Waals surface area contributed by atoms with Crippen LogP contribution in [0.2, 0.25) is 0 Å². The lowest BCUT2D eigenvalue weighted by molar-refractivity contribution is -0.137. The minimum Gasteiger partial charge on any atom is -0.493 e. The zero-order valence-corrected chi connectivity index (χ0v) is 18.9. The van der Waals surface area contributed by atoms with Crippen LogP contribution in [-0.2, 0) is 6.18 Å². The molecular weight excluding hydrogens is 489 g/mol. The molecule has 2 N–H and O–H groups in total. The second kappa shape index (κ2) is 7.86. The number of aromatic hydroxyl groups is 1. The van der Waals surface area contributed by atoms with Gasteiger partial charge in [0.25, 0.3) is 0 Å². The molecule has 2 aromatic heterocycles. The molecule has 37 heavy (non-hydrogen) atoms. The Morgan fingerprint density at radius 2 is 2.00 bits per heavy atom. The lowest BCUT2D eigenvalue weighted by Gasteiger charge is -2.28. The molecule has 4 heterocycles. The van der Waals surface area contributed by atoms with Crippen molar-refractivity contribution in [3.05, 3.63) is 82.0 Å². The van der Waals surface area contributed by atoms with Crippen LogP contribution in [0, 0.1) is 11.3 Å². The predicted molar refractivity (Wildman–Crippen MR) is 125 cm³/mol. The molecule has 1 saturated heterocycles. The number of carbonyl (C=O) groups excluding carboxylic acids is 1. The van der Waals surface area contributed by atoms with Crippen LogP contribution in [0.5, 0.6) is 5.88 Å². The first kappa shape index (κ1) is 22.7. The van der Waals surface area contributed by atoms with Crippen LogP contribution < -0.4 is 11.0 Å². The van der Waals surface area contributed by atoms with E-state index in [1.54, 1.807) is 18.2 Å². The number of hydrogen-bond acceptors (Lipinski definition) is 5. The Balaban J connectivity index is 1.36. The Kier molecular flexibility index (Phi) is 4.81. The number of anilines is 1. The maximum absolute atomic E-state index is 13.4. The smallest absolute Gasteiger partial charge is 0.416 e. The summed E-state index contributed by atoms with van der Waals surface area (Å²) in [6.07, 6.45) is -2.63. The summed E-state index contributed by atoms with van der Waals surface area (Å²) in [5.41, 5.74) is -0.110. The minimum atomic E-state index is -4.55. The van der Waals surface area contributed by atoms with Gasteiger partial charge < -0.3 is 15.3 Å². The molecule has 6 rings (SSSR count). The molecule has 4 aromatic rings. The number of amides is 2. The summed E-state index contributed by atoms with van der Waals surface area (Å²) in [5, 5.41) is 23.6. The van der Waals surface area contributed by atoms with Crippen molar-refractivity contribution in [1.29, 1.82) is 5.26 Å². The first-order valence-corrected chi connectivity index (χ1v) is 11.3. The molecule has 0 aliphatic carbocycles. The average Bonchev–Trinajstić information content (AvgIpc) is 3.54. The minimum absolute atomic E-state index is 0.0154. The molecule has 2 atom stereocenters. The number of nitrogens with one attached hydrogen (secondary N) is 1. The van der Waals surface area contributed by atoms with Crippen LogP contribution in [-0.4, -0.2) is 36.7 Å². The monoisotopic (exact) mass is 506 g/mol. The third kappa shape index (κ3) is 3.35. The molecule has 0 saturated carbocycles. The highest BCUT2D eigenvalue weighted by Crippen LogP contribution is 2.49. The fraction of sp³-hybridized carbons (Fsp3) is 0.200. The number of rotatable bonds is 2. The number of alkyl halides is 3. The summed E-state index contributed by atoms with van der Waals surface area (Å²) >= 11 is 0. The van der Waals surface area contributed by atoms with Crippen LogP contribution in [0.15, 0.2) is 59.5 Å². The number of nitrogens with zero attached hydrogens (tertiary/aromatic N) is 5. The Morgan fingerprint density at radius 1 is 1.19 bits per heavy atom. The van der Waals surface area contributed by atoms with Crippen molar-refractivity contribution in [3.63, 3.8) is 0 Å². The number of hydrogen-bond donors (Lipinski definition) is 2. The molecule has 2 aliphatic heterocycles. The number of carbonyl (C=O) groups is 1. The molecule has 1 fully saturated rings. The summed E-state index contributed by atoms with van der Waals surface area (Å²) in [6, 6.07) is 11.1. The molecule has 2 aliphatic rings. The lowest BCUT2D eigenvalue weighted by atomic mass is 10.1. The van der Waals surface area contributed by atoms with Gasteiger partial charge >= 0.3 is 17.9 Å². The van der Waals surface area contributed by atoms with Crippen molar-refractivity contribution < 1.29 is 23.1 Å². The molecule has 2 bridgehead atoms. The topological polar surface area (TPSA) is 116 Å². The number of aromatic nitrogens is 3. The molecule has 9 nitrogen and oxygen atoms in total. The van der Waals surface area contributed by atoms with Gasteiger partial charge in [-0.25, -0.2) is 14.2 Å². The molecule has 1 unspecified atom stereocenters. The highest BCUT2D eigenvalue weighted by Gasteiger charge is 2.49. The Labute approximate surface area is 206 Å². The third-order valence-corrected chi connectivity index (χ3v) is 6.87. The highest BCUT2D eigenvalue weighted by molar-refractivity contribution is 5.92. The average molecular weight is 506 g/mol. The van der Waals surface area contributed by atoms with E-state index in [0.717, 1.165) is 16.7 Å². The summed E-state index contributed by atoms with van der Waals surface area (Å²) < 4.78 is 41.7. The molecular formula is C25H17F3N6O3. The van der Waals surface area contributed by atoms with Crippen LogP contribution in [0.1, 0.15) is 35.3 Å². The number of imidazole rings is 1. The van der Waals surface area contributed by atoms with Crippen molar-refractivity contribution in [1.82, 2.24) is 19.0 Å². The second-order valence-electron chi connectivity index (χ2n) is 8.91. The van der Waals surface area contributed by atoms with E-state index in [1.165, 1.54) is 33.9 Å². The zero-order chi connectivity index (χ0) is 26.1. The molecule has 12 heteroatoms. The maximum Gasteiger partial charge on any atom is 0.416 e. The molecule has 186 valence electrons. The van der Waals surface area contributed by atoms with Crippen LogP contribution in [0.3, 0.4) is 0 Å².